The highest BCUT2D eigenvalue weighted by atomic mass is 127. The van der Waals surface area contributed by atoms with Crippen LogP contribution >= 0.6 is 24.0 Å². The number of rotatable bonds is 4. The van der Waals surface area contributed by atoms with Gasteiger partial charge in [0.05, 0.1) is 12.2 Å². The molecule has 0 saturated heterocycles. The lowest BCUT2D eigenvalue weighted by atomic mass is 10.1. The molecule has 1 aromatic carbocycles. The molecule has 0 aliphatic rings. The number of oxazole rings is 1. The maximum absolute atomic E-state index is 5.51. The van der Waals surface area contributed by atoms with Crippen molar-refractivity contribution in [3.8, 4) is 11.5 Å². The Morgan fingerprint density at radius 2 is 1.95 bits per heavy atom. The van der Waals surface area contributed by atoms with Crippen LogP contribution in [0.4, 0.5) is 0 Å². The molecule has 2 rings (SSSR count). The van der Waals surface area contributed by atoms with Crippen molar-refractivity contribution in [2.45, 2.75) is 20.4 Å². The fourth-order valence-corrected chi connectivity index (χ4v) is 1.78. The quantitative estimate of drug-likeness (QED) is 0.471. The topological polar surface area (TPSA) is 62.5 Å². The van der Waals surface area contributed by atoms with Crippen LogP contribution in [0.1, 0.15) is 18.2 Å². The van der Waals surface area contributed by atoms with Gasteiger partial charge in [-0.2, -0.15) is 0 Å². The second kappa shape index (κ2) is 8.66. The van der Waals surface area contributed by atoms with Crippen LogP contribution < -0.4 is 10.6 Å². The Labute approximate surface area is 142 Å². The summed E-state index contributed by atoms with van der Waals surface area (Å²) in [4.78, 5) is 8.57. The van der Waals surface area contributed by atoms with E-state index < -0.39 is 0 Å². The summed E-state index contributed by atoms with van der Waals surface area (Å²) < 4.78 is 5.51. The highest BCUT2D eigenvalue weighted by molar-refractivity contribution is 14.0. The van der Waals surface area contributed by atoms with Crippen LogP contribution in [0.15, 0.2) is 39.9 Å². The fourth-order valence-electron chi connectivity index (χ4n) is 1.78. The van der Waals surface area contributed by atoms with E-state index in [2.05, 4.69) is 27.5 Å². The molecule has 0 bridgehead atoms. The fraction of sp³-hybridized carbons (Fsp3) is 0.333. The zero-order valence-electron chi connectivity index (χ0n) is 12.5. The van der Waals surface area contributed by atoms with Gasteiger partial charge in [0.25, 0.3) is 0 Å². The van der Waals surface area contributed by atoms with Gasteiger partial charge in [-0.25, -0.2) is 4.98 Å². The molecule has 114 valence electrons. The van der Waals surface area contributed by atoms with Gasteiger partial charge >= 0.3 is 0 Å². The Hall–Kier alpha value is -1.57. The van der Waals surface area contributed by atoms with Crippen molar-refractivity contribution < 1.29 is 4.42 Å². The molecule has 2 N–H and O–H groups in total. The predicted molar refractivity (Wildman–Crippen MR) is 96.0 cm³/mol. The summed E-state index contributed by atoms with van der Waals surface area (Å²) in [5.41, 5.74) is 3.05. The van der Waals surface area contributed by atoms with E-state index in [0.717, 1.165) is 23.8 Å². The third-order valence-electron chi connectivity index (χ3n) is 2.86. The molecule has 1 aromatic heterocycles. The number of nitrogens with one attached hydrogen (secondary N) is 2. The van der Waals surface area contributed by atoms with Crippen LogP contribution in [0, 0.1) is 6.92 Å². The Morgan fingerprint density at radius 3 is 2.57 bits per heavy atom. The van der Waals surface area contributed by atoms with Gasteiger partial charge in [-0.1, -0.05) is 17.7 Å². The monoisotopic (exact) mass is 400 g/mol. The lowest BCUT2D eigenvalue weighted by molar-refractivity contribution is 0.572. The molecule has 0 aliphatic heterocycles. The van der Waals surface area contributed by atoms with Crippen molar-refractivity contribution in [2.24, 2.45) is 4.99 Å². The van der Waals surface area contributed by atoms with Gasteiger partial charge < -0.3 is 15.1 Å². The normalized spacial score (nSPS) is 10.9. The average Bonchev–Trinajstić information content (AvgIpc) is 2.93. The van der Waals surface area contributed by atoms with Crippen molar-refractivity contribution in [1.82, 2.24) is 15.6 Å². The van der Waals surface area contributed by atoms with Gasteiger partial charge in [0.1, 0.15) is 6.26 Å². The average molecular weight is 400 g/mol. The van der Waals surface area contributed by atoms with E-state index in [1.54, 1.807) is 13.3 Å². The van der Waals surface area contributed by atoms with Crippen molar-refractivity contribution in [3.63, 3.8) is 0 Å². The first kappa shape index (κ1) is 17.5. The number of guanidine groups is 1. The molecule has 6 heteroatoms. The Kier molecular flexibility index (Phi) is 7.21. The van der Waals surface area contributed by atoms with Crippen LogP contribution in [0.5, 0.6) is 0 Å². The lowest BCUT2D eigenvalue weighted by Crippen LogP contribution is -2.36. The number of hydrogen-bond donors (Lipinski definition) is 2. The summed E-state index contributed by atoms with van der Waals surface area (Å²) in [6.07, 6.45) is 1.67. The van der Waals surface area contributed by atoms with Gasteiger partial charge in [0.2, 0.25) is 5.89 Å². The maximum Gasteiger partial charge on any atom is 0.226 e. The first-order valence-electron chi connectivity index (χ1n) is 6.69. The Morgan fingerprint density at radius 1 is 1.24 bits per heavy atom. The number of halogens is 1. The summed E-state index contributed by atoms with van der Waals surface area (Å²) in [6.45, 7) is 5.49. The number of aliphatic imine (C=N–C) groups is 1. The maximum atomic E-state index is 5.51. The largest absolute Gasteiger partial charge is 0.444 e. The summed E-state index contributed by atoms with van der Waals surface area (Å²) in [5, 5.41) is 6.30. The molecule has 0 radical (unpaired) electrons. The highest BCUT2D eigenvalue weighted by Crippen LogP contribution is 2.18. The number of aromatic nitrogens is 1. The van der Waals surface area contributed by atoms with Crippen molar-refractivity contribution in [3.05, 3.63) is 41.8 Å². The smallest absolute Gasteiger partial charge is 0.226 e. The standard InChI is InChI=1S/C15H20N4O.HI/c1-4-17-15(16-3)18-9-13-10-20-14(19-13)12-7-5-11(2)6-8-12;/h5-8,10H,4,9H2,1-3H3,(H2,16,17,18);1H. The van der Waals surface area contributed by atoms with E-state index in [9.17, 15) is 0 Å². The van der Waals surface area contributed by atoms with E-state index >= 15 is 0 Å². The summed E-state index contributed by atoms with van der Waals surface area (Å²) in [6, 6.07) is 8.11. The minimum absolute atomic E-state index is 0. The van der Waals surface area contributed by atoms with Crippen molar-refractivity contribution >= 4 is 29.9 Å². The van der Waals surface area contributed by atoms with E-state index in [0.29, 0.717) is 12.4 Å². The molecule has 5 nitrogen and oxygen atoms in total. The SMILES string of the molecule is CCNC(=NC)NCc1coc(-c2ccc(C)cc2)n1.I. The molecule has 0 atom stereocenters. The minimum Gasteiger partial charge on any atom is -0.444 e. The highest BCUT2D eigenvalue weighted by Gasteiger charge is 2.06. The second-order valence-electron chi connectivity index (χ2n) is 4.47. The molecule has 0 unspecified atom stereocenters. The molecule has 0 amide bonds. The van der Waals surface area contributed by atoms with Crippen LogP contribution in [0.25, 0.3) is 11.5 Å². The first-order chi connectivity index (χ1) is 9.72. The van der Waals surface area contributed by atoms with E-state index in [4.69, 9.17) is 4.42 Å². The van der Waals surface area contributed by atoms with Crippen LogP contribution in [0.2, 0.25) is 0 Å². The predicted octanol–water partition coefficient (Wildman–Crippen LogP) is 2.95. The first-order valence-corrected chi connectivity index (χ1v) is 6.69. The van der Waals surface area contributed by atoms with Gasteiger partial charge in [-0.3, -0.25) is 4.99 Å². The molecular weight excluding hydrogens is 379 g/mol. The van der Waals surface area contributed by atoms with E-state index in [1.807, 2.05) is 31.2 Å². The molecule has 2 aromatic rings. The number of benzene rings is 1. The Bertz CT molecular complexity index is 578. The number of nitrogens with zero attached hydrogens (tertiary/aromatic N) is 2. The van der Waals surface area contributed by atoms with Gasteiger partial charge in [0, 0.05) is 19.2 Å². The zero-order valence-corrected chi connectivity index (χ0v) is 14.8. The molecule has 0 saturated carbocycles. The van der Waals surface area contributed by atoms with E-state index in [1.165, 1.54) is 5.56 Å². The van der Waals surface area contributed by atoms with Gasteiger partial charge in [0.15, 0.2) is 5.96 Å². The van der Waals surface area contributed by atoms with Crippen LogP contribution in [-0.4, -0.2) is 24.5 Å². The zero-order chi connectivity index (χ0) is 14.4. The summed E-state index contributed by atoms with van der Waals surface area (Å²) in [7, 11) is 1.74. The number of aryl methyl sites for hydroxylation is 1. The van der Waals surface area contributed by atoms with Crippen LogP contribution in [-0.2, 0) is 6.54 Å². The summed E-state index contributed by atoms with van der Waals surface area (Å²) >= 11 is 0. The molecule has 0 aliphatic carbocycles. The minimum atomic E-state index is 0. The molecule has 1 heterocycles. The van der Waals surface area contributed by atoms with Crippen molar-refractivity contribution in [2.75, 3.05) is 13.6 Å². The molecular formula is C15H21IN4O. The molecule has 0 fully saturated rings. The second-order valence-corrected chi connectivity index (χ2v) is 4.47. The van der Waals surface area contributed by atoms with E-state index in [-0.39, 0.29) is 24.0 Å². The lowest BCUT2D eigenvalue weighted by Gasteiger charge is -2.07. The molecule has 0 spiro atoms. The van der Waals surface area contributed by atoms with Crippen molar-refractivity contribution in [1.29, 1.82) is 0 Å². The molecule has 21 heavy (non-hydrogen) atoms. The van der Waals surface area contributed by atoms with Gasteiger partial charge in [-0.15, -0.1) is 24.0 Å². The Balaban J connectivity index is 0.00000220. The van der Waals surface area contributed by atoms with Gasteiger partial charge in [-0.05, 0) is 26.0 Å². The summed E-state index contributed by atoms with van der Waals surface area (Å²) in [5.74, 6) is 1.40. The third-order valence-corrected chi connectivity index (χ3v) is 2.86. The number of hydrogen-bond acceptors (Lipinski definition) is 3. The third kappa shape index (κ3) is 5.04. The van der Waals surface area contributed by atoms with Crippen LogP contribution in [0.3, 0.4) is 0 Å².